The summed E-state index contributed by atoms with van der Waals surface area (Å²) in [5, 5.41) is 3.13. The molecule has 1 aliphatic heterocycles. The smallest absolute Gasteiger partial charge is 0.240 e. The van der Waals surface area contributed by atoms with Crippen LogP contribution in [0.25, 0.3) is 0 Å². The summed E-state index contributed by atoms with van der Waals surface area (Å²) in [6.07, 6.45) is 1.87. The van der Waals surface area contributed by atoms with Crippen LogP contribution in [0.1, 0.15) is 38.3 Å². The highest BCUT2D eigenvalue weighted by Crippen LogP contribution is 2.19. The van der Waals surface area contributed by atoms with Crippen LogP contribution in [0.4, 0.5) is 0 Å². The van der Waals surface area contributed by atoms with Crippen molar-refractivity contribution in [3.63, 3.8) is 0 Å². The zero-order valence-electron chi connectivity index (χ0n) is 12.8. The number of rotatable bonds is 6. The molecule has 1 fully saturated rings. The Bertz CT molecular complexity index is 551. The standard InChI is InChI=1S/C15H24N2O3S/c1-11(16-3)13-6-8-14(9-7-13)21(18,19)17-12(2)15-5-4-10-20-15/h6-9,11-12,15-17H,4-5,10H2,1-3H3. The van der Waals surface area contributed by atoms with E-state index in [1.165, 1.54) is 0 Å². The summed E-state index contributed by atoms with van der Waals surface area (Å²) in [6.45, 7) is 4.60. The number of nitrogens with one attached hydrogen (secondary N) is 2. The van der Waals surface area contributed by atoms with Gasteiger partial charge < -0.3 is 10.1 Å². The van der Waals surface area contributed by atoms with E-state index in [9.17, 15) is 8.42 Å². The van der Waals surface area contributed by atoms with Gasteiger partial charge >= 0.3 is 0 Å². The average molecular weight is 312 g/mol. The van der Waals surface area contributed by atoms with Crippen molar-refractivity contribution in [2.75, 3.05) is 13.7 Å². The second-order valence-corrected chi connectivity index (χ2v) is 7.25. The third-order valence-electron chi connectivity index (χ3n) is 3.99. The van der Waals surface area contributed by atoms with Crippen LogP contribution in [-0.2, 0) is 14.8 Å². The van der Waals surface area contributed by atoms with E-state index in [1.807, 2.05) is 33.0 Å². The van der Waals surface area contributed by atoms with Gasteiger partial charge in [-0.05, 0) is 51.4 Å². The Hall–Kier alpha value is -0.950. The Balaban J connectivity index is 2.08. The first-order valence-electron chi connectivity index (χ1n) is 7.35. The molecule has 6 heteroatoms. The molecule has 1 saturated heterocycles. The predicted octanol–water partition coefficient (Wildman–Crippen LogP) is 1.81. The Morgan fingerprint density at radius 2 is 1.90 bits per heavy atom. The second-order valence-electron chi connectivity index (χ2n) is 5.54. The number of sulfonamides is 1. The molecule has 5 nitrogen and oxygen atoms in total. The molecule has 3 unspecified atom stereocenters. The average Bonchev–Trinajstić information content (AvgIpc) is 3.00. The quantitative estimate of drug-likeness (QED) is 0.841. The second kappa shape index (κ2) is 6.87. The third-order valence-corrected chi connectivity index (χ3v) is 5.56. The minimum Gasteiger partial charge on any atom is -0.377 e. The number of hydrogen-bond donors (Lipinski definition) is 2. The van der Waals surface area contributed by atoms with Gasteiger partial charge in [0.2, 0.25) is 10.0 Å². The molecule has 2 rings (SSSR count). The topological polar surface area (TPSA) is 67.4 Å². The monoisotopic (exact) mass is 312 g/mol. The van der Waals surface area contributed by atoms with E-state index in [1.54, 1.807) is 12.1 Å². The molecule has 1 heterocycles. The van der Waals surface area contributed by atoms with Gasteiger partial charge in [0.25, 0.3) is 0 Å². The normalized spacial score (nSPS) is 22.1. The fraction of sp³-hybridized carbons (Fsp3) is 0.600. The highest BCUT2D eigenvalue weighted by atomic mass is 32.2. The van der Waals surface area contributed by atoms with E-state index in [0.29, 0.717) is 11.5 Å². The number of ether oxygens (including phenoxy) is 1. The van der Waals surface area contributed by atoms with E-state index < -0.39 is 10.0 Å². The molecule has 1 aromatic rings. The van der Waals surface area contributed by atoms with Crippen LogP contribution < -0.4 is 10.0 Å². The largest absolute Gasteiger partial charge is 0.377 e. The highest BCUT2D eigenvalue weighted by molar-refractivity contribution is 7.89. The molecular formula is C15H24N2O3S. The first-order chi connectivity index (χ1) is 9.94. The minimum atomic E-state index is -3.50. The fourth-order valence-corrected chi connectivity index (χ4v) is 3.76. The Labute approximate surface area is 127 Å². The van der Waals surface area contributed by atoms with Crippen molar-refractivity contribution in [2.24, 2.45) is 0 Å². The molecule has 3 atom stereocenters. The highest BCUT2D eigenvalue weighted by Gasteiger charge is 2.26. The first-order valence-corrected chi connectivity index (χ1v) is 8.83. The van der Waals surface area contributed by atoms with Crippen molar-refractivity contribution in [1.82, 2.24) is 10.0 Å². The van der Waals surface area contributed by atoms with Gasteiger partial charge in [-0.2, -0.15) is 0 Å². The molecule has 0 bridgehead atoms. The van der Waals surface area contributed by atoms with Gasteiger partial charge in [0.1, 0.15) is 0 Å². The van der Waals surface area contributed by atoms with Gasteiger partial charge in [0.05, 0.1) is 11.0 Å². The lowest BCUT2D eigenvalue weighted by Gasteiger charge is -2.20. The first kappa shape index (κ1) is 16.4. The molecule has 0 aromatic heterocycles. The van der Waals surface area contributed by atoms with E-state index >= 15 is 0 Å². The van der Waals surface area contributed by atoms with Gasteiger partial charge in [-0.3, -0.25) is 0 Å². The van der Waals surface area contributed by atoms with Crippen LogP contribution >= 0.6 is 0 Å². The summed E-state index contributed by atoms with van der Waals surface area (Å²) < 4.78 is 33.0. The van der Waals surface area contributed by atoms with Crippen molar-refractivity contribution >= 4 is 10.0 Å². The summed E-state index contributed by atoms with van der Waals surface area (Å²) >= 11 is 0. The van der Waals surface area contributed by atoms with Crippen LogP contribution in [0.15, 0.2) is 29.2 Å². The molecule has 0 spiro atoms. The number of hydrogen-bond acceptors (Lipinski definition) is 4. The van der Waals surface area contributed by atoms with E-state index in [0.717, 1.165) is 18.4 Å². The van der Waals surface area contributed by atoms with Crippen molar-refractivity contribution < 1.29 is 13.2 Å². The predicted molar refractivity (Wildman–Crippen MR) is 82.7 cm³/mol. The maximum absolute atomic E-state index is 12.4. The van der Waals surface area contributed by atoms with Crippen LogP contribution in [0.2, 0.25) is 0 Å². The molecule has 1 aliphatic rings. The lowest BCUT2D eigenvalue weighted by Crippen LogP contribution is -2.40. The molecule has 2 N–H and O–H groups in total. The molecule has 0 radical (unpaired) electrons. The van der Waals surface area contributed by atoms with Gasteiger partial charge in [-0.1, -0.05) is 12.1 Å². The van der Waals surface area contributed by atoms with Crippen LogP contribution in [0, 0.1) is 0 Å². The van der Waals surface area contributed by atoms with Gasteiger partial charge in [0.15, 0.2) is 0 Å². The SMILES string of the molecule is CNC(C)c1ccc(S(=O)(=O)NC(C)C2CCCO2)cc1. The zero-order valence-corrected chi connectivity index (χ0v) is 13.6. The molecule has 21 heavy (non-hydrogen) atoms. The lowest BCUT2D eigenvalue weighted by molar-refractivity contribution is 0.0902. The summed E-state index contributed by atoms with van der Waals surface area (Å²) in [5.74, 6) is 0. The van der Waals surface area contributed by atoms with E-state index in [-0.39, 0.29) is 18.2 Å². The molecular weight excluding hydrogens is 288 g/mol. The van der Waals surface area contributed by atoms with Crippen molar-refractivity contribution in [2.45, 2.75) is 49.8 Å². The third kappa shape index (κ3) is 4.03. The van der Waals surface area contributed by atoms with Crippen molar-refractivity contribution in [3.8, 4) is 0 Å². The van der Waals surface area contributed by atoms with Gasteiger partial charge in [-0.25, -0.2) is 13.1 Å². The maximum Gasteiger partial charge on any atom is 0.240 e. The molecule has 1 aromatic carbocycles. The van der Waals surface area contributed by atoms with Crippen LogP contribution in [0.3, 0.4) is 0 Å². The van der Waals surface area contributed by atoms with Crippen LogP contribution in [-0.4, -0.2) is 34.2 Å². The van der Waals surface area contributed by atoms with Crippen molar-refractivity contribution in [1.29, 1.82) is 0 Å². The van der Waals surface area contributed by atoms with E-state index in [4.69, 9.17) is 4.74 Å². The summed E-state index contributed by atoms with van der Waals surface area (Å²) in [5.41, 5.74) is 1.06. The summed E-state index contributed by atoms with van der Waals surface area (Å²) in [7, 11) is -1.62. The Morgan fingerprint density at radius 1 is 1.24 bits per heavy atom. The summed E-state index contributed by atoms with van der Waals surface area (Å²) in [4.78, 5) is 0.291. The summed E-state index contributed by atoms with van der Waals surface area (Å²) in [6, 6.07) is 6.95. The lowest BCUT2D eigenvalue weighted by atomic mass is 10.1. The molecule has 118 valence electrons. The number of benzene rings is 1. The van der Waals surface area contributed by atoms with Gasteiger partial charge in [-0.15, -0.1) is 0 Å². The van der Waals surface area contributed by atoms with Gasteiger partial charge in [0, 0.05) is 18.7 Å². The molecule has 0 saturated carbocycles. The van der Waals surface area contributed by atoms with E-state index in [2.05, 4.69) is 10.0 Å². The molecule has 0 aliphatic carbocycles. The fourth-order valence-electron chi connectivity index (χ4n) is 2.49. The van der Waals surface area contributed by atoms with Crippen LogP contribution in [0.5, 0.6) is 0 Å². The van der Waals surface area contributed by atoms with Crippen molar-refractivity contribution in [3.05, 3.63) is 29.8 Å². The Morgan fingerprint density at radius 3 is 2.43 bits per heavy atom. The Kier molecular flexibility index (Phi) is 5.37. The zero-order chi connectivity index (χ0) is 15.5. The minimum absolute atomic E-state index is 0.0247. The maximum atomic E-state index is 12.4. The molecule has 0 amide bonds.